The van der Waals surface area contributed by atoms with Gasteiger partial charge in [0.15, 0.2) is 0 Å². The molecule has 0 saturated carbocycles. The number of guanidine groups is 1. The molecule has 0 atom stereocenters. The highest BCUT2D eigenvalue weighted by atomic mass is 15.3. The second-order valence-corrected chi connectivity index (χ2v) is 3.76. The summed E-state index contributed by atoms with van der Waals surface area (Å²) < 4.78 is 0. The van der Waals surface area contributed by atoms with Crippen LogP contribution in [0.5, 0.6) is 0 Å². The van der Waals surface area contributed by atoms with E-state index in [-0.39, 0.29) is 11.9 Å². The Hall–Kier alpha value is -2.78. The minimum atomic E-state index is 0.132. The summed E-state index contributed by atoms with van der Waals surface area (Å²) in [6.07, 6.45) is 0. The fourth-order valence-corrected chi connectivity index (χ4v) is 1.26. The zero-order chi connectivity index (χ0) is 13.8. The van der Waals surface area contributed by atoms with Gasteiger partial charge in [-0.25, -0.2) is 0 Å². The van der Waals surface area contributed by atoms with Crippen LogP contribution in [-0.4, -0.2) is 42.2 Å². The van der Waals surface area contributed by atoms with E-state index in [9.17, 15) is 0 Å². The number of nitrogens with zero attached hydrogens (tertiary/aromatic N) is 6. The molecule has 19 heavy (non-hydrogen) atoms. The summed E-state index contributed by atoms with van der Waals surface area (Å²) in [6, 6.07) is 0. The van der Waals surface area contributed by atoms with Crippen molar-refractivity contribution in [2.24, 2.45) is 15.7 Å². The number of nitrogens with two attached hydrogens (primary N) is 1. The average molecular weight is 262 g/mol. The number of rotatable bonds is 2. The number of nitrogens with one attached hydrogen (secondary N) is 3. The van der Waals surface area contributed by atoms with Gasteiger partial charge >= 0.3 is 0 Å². The van der Waals surface area contributed by atoms with E-state index in [0.29, 0.717) is 23.4 Å². The maximum Gasteiger partial charge on any atom is 0.271 e. The maximum atomic E-state index is 5.69. The highest BCUT2D eigenvalue weighted by molar-refractivity contribution is 5.99. The molecule has 0 amide bonds. The molecule has 0 aliphatic heterocycles. The van der Waals surface area contributed by atoms with E-state index >= 15 is 0 Å². The number of hydrogen-bond acceptors (Lipinski definition) is 6. The Morgan fingerprint density at radius 2 is 1.58 bits per heavy atom. The molecule has 10 nitrogen and oxygen atoms in total. The van der Waals surface area contributed by atoms with Gasteiger partial charge in [0.1, 0.15) is 17.5 Å². The number of hydrogen-bond donors (Lipinski definition) is 4. The third-order valence-electron chi connectivity index (χ3n) is 1.97. The molecule has 2 aromatic heterocycles. The van der Waals surface area contributed by atoms with Gasteiger partial charge in [0, 0.05) is 0 Å². The fraction of sp³-hybridized carbons (Fsp3) is 0.333. The topological polar surface area (TPSA) is 146 Å². The molecule has 5 N–H and O–H groups in total. The van der Waals surface area contributed by atoms with Crippen molar-refractivity contribution in [2.75, 3.05) is 0 Å². The summed E-state index contributed by atoms with van der Waals surface area (Å²) in [4.78, 5) is 16.1. The lowest BCUT2D eigenvalue weighted by Gasteiger charge is -2.01. The lowest BCUT2D eigenvalue weighted by atomic mass is 10.6. The Labute approximate surface area is 108 Å². The van der Waals surface area contributed by atoms with Crippen molar-refractivity contribution in [1.82, 2.24) is 35.7 Å². The molecule has 0 saturated heterocycles. The molecule has 0 aliphatic carbocycles. The third-order valence-corrected chi connectivity index (χ3v) is 1.97. The van der Waals surface area contributed by atoms with Crippen molar-refractivity contribution in [3.63, 3.8) is 0 Å². The first-order valence-electron chi connectivity index (χ1n) is 5.47. The Bertz CT molecular complexity index is 564. The summed E-state index contributed by atoms with van der Waals surface area (Å²) in [6.45, 7) is 5.28. The van der Waals surface area contributed by atoms with Crippen molar-refractivity contribution in [1.29, 1.82) is 0 Å². The van der Waals surface area contributed by atoms with Crippen LogP contribution in [0.4, 0.5) is 11.9 Å². The van der Waals surface area contributed by atoms with E-state index in [1.165, 1.54) is 0 Å². The molecule has 2 aromatic rings. The van der Waals surface area contributed by atoms with Gasteiger partial charge < -0.3 is 11.1 Å². The molecule has 100 valence electrons. The van der Waals surface area contributed by atoms with E-state index in [4.69, 9.17) is 5.73 Å². The van der Waals surface area contributed by atoms with E-state index in [1.54, 1.807) is 20.8 Å². The predicted molar refractivity (Wildman–Crippen MR) is 69.4 cm³/mol. The van der Waals surface area contributed by atoms with Gasteiger partial charge in [-0.1, -0.05) is 0 Å². The van der Waals surface area contributed by atoms with Gasteiger partial charge in [-0.05, 0) is 20.8 Å². The number of aromatic amines is 2. The Balaban J connectivity index is 2.04. The van der Waals surface area contributed by atoms with E-state index in [1.807, 2.05) is 0 Å². The van der Waals surface area contributed by atoms with Crippen molar-refractivity contribution < 1.29 is 0 Å². The molecule has 0 fully saturated rings. The van der Waals surface area contributed by atoms with E-state index in [2.05, 4.69) is 45.7 Å². The number of amidine groups is 1. The molecule has 10 heteroatoms. The van der Waals surface area contributed by atoms with Crippen molar-refractivity contribution in [3.8, 4) is 0 Å². The largest absolute Gasteiger partial charge is 0.369 e. The zero-order valence-corrected chi connectivity index (χ0v) is 10.8. The Morgan fingerprint density at radius 1 is 1.05 bits per heavy atom. The van der Waals surface area contributed by atoms with E-state index < -0.39 is 0 Å². The molecule has 0 aliphatic rings. The van der Waals surface area contributed by atoms with Crippen LogP contribution in [0.3, 0.4) is 0 Å². The predicted octanol–water partition coefficient (Wildman–Crippen LogP) is -0.174. The molecule has 2 heterocycles. The summed E-state index contributed by atoms with van der Waals surface area (Å²) in [5.41, 5.74) is 5.69. The van der Waals surface area contributed by atoms with Gasteiger partial charge in [0.2, 0.25) is 5.96 Å². The quantitative estimate of drug-likeness (QED) is 0.436. The molecular formula is C9H14N10. The van der Waals surface area contributed by atoms with Crippen molar-refractivity contribution in [3.05, 3.63) is 11.6 Å². The lowest BCUT2D eigenvalue weighted by Crippen LogP contribution is -2.35. The van der Waals surface area contributed by atoms with Crippen LogP contribution in [-0.2, 0) is 0 Å². The first-order chi connectivity index (χ1) is 9.02. The van der Waals surface area contributed by atoms with Crippen LogP contribution < -0.4 is 11.1 Å². The van der Waals surface area contributed by atoms with Gasteiger partial charge in [-0.15, -0.1) is 10.2 Å². The van der Waals surface area contributed by atoms with Crippen LogP contribution in [0, 0.1) is 13.8 Å². The number of aromatic nitrogens is 6. The van der Waals surface area contributed by atoms with Crippen LogP contribution in [0.15, 0.2) is 9.98 Å². The van der Waals surface area contributed by atoms with Crippen molar-refractivity contribution >= 4 is 23.7 Å². The maximum absolute atomic E-state index is 5.69. The molecule has 0 unspecified atom stereocenters. The van der Waals surface area contributed by atoms with E-state index in [0.717, 1.165) is 0 Å². The first kappa shape index (κ1) is 12.7. The monoisotopic (exact) mass is 262 g/mol. The summed E-state index contributed by atoms with van der Waals surface area (Å²) in [5.74, 6) is 2.56. The highest BCUT2D eigenvalue weighted by Crippen LogP contribution is 2.02. The second kappa shape index (κ2) is 5.25. The molecule has 0 bridgehead atoms. The van der Waals surface area contributed by atoms with Gasteiger partial charge in [0.05, 0.1) is 0 Å². The fourth-order valence-electron chi connectivity index (χ4n) is 1.26. The summed E-state index contributed by atoms with van der Waals surface area (Å²) in [7, 11) is 0. The second-order valence-electron chi connectivity index (χ2n) is 3.76. The minimum Gasteiger partial charge on any atom is -0.369 e. The van der Waals surface area contributed by atoms with Crippen molar-refractivity contribution in [2.45, 2.75) is 20.8 Å². The minimum absolute atomic E-state index is 0.132. The standard InChI is InChI=1S/C9H14N10/c1-4(12-8-13-5(2)16-18-8)11-7(10)15-9-14-6(3)17-19-9/h1-3H3,(H5,10,11,12,13,14,15,16,17,18,19). The SMILES string of the molecule is C/C(=N\c1n[nH]c(C)n1)N/C(N)=N/c1n[nH]c(C)n1. The van der Waals surface area contributed by atoms with Gasteiger partial charge in [-0.3, -0.25) is 10.2 Å². The number of H-pyrrole nitrogens is 2. The lowest BCUT2D eigenvalue weighted by molar-refractivity contribution is 1.03. The number of aliphatic imine (C=N–C) groups is 2. The Kier molecular flexibility index (Phi) is 3.50. The van der Waals surface area contributed by atoms with Crippen LogP contribution in [0.1, 0.15) is 18.6 Å². The zero-order valence-electron chi connectivity index (χ0n) is 10.8. The van der Waals surface area contributed by atoms with Crippen LogP contribution in [0.25, 0.3) is 0 Å². The Morgan fingerprint density at radius 3 is 2.05 bits per heavy atom. The average Bonchev–Trinajstić information content (AvgIpc) is 2.87. The number of aryl methyl sites for hydroxylation is 2. The first-order valence-corrected chi connectivity index (χ1v) is 5.47. The third kappa shape index (κ3) is 3.59. The summed E-state index contributed by atoms with van der Waals surface area (Å²) in [5, 5.41) is 15.9. The molecule has 0 spiro atoms. The molecular weight excluding hydrogens is 248 g/mol. The smallest absolute Gasteiger partial charge is 0.271 e. The molecule has 0 aromatic carbocycles. The van der Waals surface area contributed by atoms with Crippen LogP contribution in [0.2, 0.25) is 0 Å². The van der Waals surface area contributed by atoms with Crippen LogP contribution >= 0.6 is 0 Å². The molecule has 0 radical (unpaired) electrons. The summed E-state index contributed by atoms with van der Waals surface area (Å²) >= 11 is 0. The molecule has 2 rings (SSSR count). The highest BCUT2D eigenvalue weighted by Gasteiger charge is 2.02. The normalized spacial score (nSPS) is 12.8. The van der Waals surface area contributed by atoms with Gasteiger partial charge in [0.25, 0.3) is 11.9 Å². The van der Waals surface area contributed by atoms with Gasteiger partial charge in [-0.2, -0.15) is 20.0 Å².